The van der Waals surface area contributed by atoms with Crippen LogP contribution < -0.4 is 5.32 Å². The first kappa shape index (κ1) is 29.9. The molecule has 0 aliphatic carbocycles. The van der Waals surface area contributed by atoms with E-state index in [4.69, 9.17) is 9.15 Å². The number of pyridine rings is 1. The van der Waals surface area contributed by atoms with Crippen molar-refractivity contribution < 1.29 is 45.5 Å². The predicted molar refractivity (Wildman–Crippen MR) is 130 cm³/mol. The van der Waals surface area contributed by atoms with Gasteiger partial charge < -0.3 is 19.6 Å². The van der Waals surface area contributed by atoms with Crippen LogP contribution in [0, 0.1) is 10.1 Å². The van der Waals surface area contributed by atoms with Gasteiger partial charge >= 0.3 is 18.0 Å². The molecule has 16 heteroatoms. The molecule has 1 aliphatic heterocycles. The third kappa shape index (κ3) is 6.02. The largest absolute Gasteiger partial charge is 0.429 e. The Bertz CT molecular complexity index is 1440. The average Bonchev–Trinajstić information content (AvgIpc) is 3.35. The Morgan fingerprint density at radius 3 is 2.46 bits per heavy atom. The molecule has 4 rings (SSSR count). The first-order chi connectivity index (χ1) is 19.0. The molecule has 0 fully saturated rings. The van der Waals surface area contributed by atoms with Crippen molar-refractivity contribution in [3.8, 4) is 11.6 Å². The van der Waals surface area contributed by atoms with E-state index in [1.165, 1.54) is 32.1 Å². The number of allylic oxidation sites excluding steroid dienone is 1. The minimum Gasteiger partial charge on any atom is -0.415 e. The first-order valence-corrected chi connectivity index (χ1v) is 12.0. The Labute approximate surface area is 228 Å². The van der Waals surface area contributed by atoms with Crippen LogP contribution in [-0.2, 0) is 23.1 Å². The summed E-state index contributed by atoms with van der Waals surface area (Å²) in [6.07, 6.45) is -10.8. The van der Waals surface area contributed by atoms with E-state index < -0.39 is 75.7 Å². The number of aromatic nitrogens is 3. The number of aliphatic hydroxyl groups is 1. The molecule has 3 heterocycles. The van der Waals surface area contributed by atoms with E-state index in [0.717, 1.165) is 6.08 Å². The van der Waals surface area contributed by atoms with Crippen LogP contribution in [0.2, 0.25) is 0 Å². The molecule has 2 unspecified atom stereocenters. The Morgan fingerprint density at radius 2 is 1.85 bits per heavy atom. The molecule has 2 aromatic heterocycles. The summed E-state index contributed by atoms with van der Waals surface area (Å²) in [6, 6.07) is 7.86. The van der Waals surface area contributed by atoms with Gasteiger partial charge in [-0.3, -0.25) is 10.1 Å². The lowest BCUT2D eigenvalue weighted by Gasteiger charge is -2.35. The number of halogens is 6. The smallest absolute Gasteiger partial charge is 0.415 e. The van der Waals surface area contributed by atoms with Crippen LogP contribution in [-0.4, -0.2) is 43.0 Å². The van der Waals surface area contributed by atoms with Gasteiger partial charge in [0.1, 0.15) is 17.5 Å². The number of nitrogens with one attached hydrogen (secondary N) is 1. The minimum atomic E-state index is -5.39. The molecular formula is C25H23F6N5O5. The molecule has 0 spiro atoms. The second-order valence-corrected chi connectivity index (χ2v) is 9.85. The average molecular weight is 587 g/mol. The molecule has 0 saturated heterocycles. The van der Waals surface area contributed by atoms with Gasteiger partial charge in [0.15, 0.2) is 0 Å². The fourth-order valence-corrected chi connectivity index (χ4v) is 4.18. The highest BCUT2D eigenvalue weighted by Crippen LogP contribution is 2.47. The number of nitrogens with zero attached hydrogens (tertiary/aromatic N) is 4. The number of alkyl halides is 6. The van der Waals surface area contributed by atoms with E-state index in [1.807, 2.05) is 0 Å². The normalized spacial score (nSPS) is 21.9. The molecule has 1 aliphatic rings. The van der Waals surface area contributed by atoms with Crippen molar-refractivity contribution in [2.45, 2.75) is 62.9 Å². The highest BCUT2D eigenvalue weighted by molar-refractivity contribution is 5.68. The fourth-order valence-electron chi connectivity index (χ4n) is 4.18. The molecule has 41 heavy (non-hydrogen) atoms. The second kappa shape index (κ2) is 10.7. The van der Waals surface area contributed by atoms with Crippen molar-refractivity contribution in [1.29, 1.82) is 0 Å². The van der Waals surface area contributed by atoms with Crippen molar-refractivity contribution in [2.75, 3.05) is 5.32 Å². The number of fused-ring (bicyclic) bond motifs is 5. The van der Waals surface area contributed by atoms with Crippen LogP contribution >= 0.6 is 0 Å². The number of hydrogen-bond acceptors (Lipinski definition) is 9. The van der Waals surface area contributed by atoms with Gasteiger partial charge in [0.2, 0.25) is 5.69 Å². The van der Waals surface area contributed by atoms with Gasteiger partial charge in [-0.25, -0.2) is 4.98 Å². The molecule has 0 amide bonds. The molecule has 4 bridgehead atoms. The van der Waals surface area contributed by atoms with Crippen molar-refractivity contribution >= 4 is 11.5 Å². The molecule has 2 atom stereocenters. The third-order valence-corrected chi connectivity index (χ3v) is 6.31. The summed E-state index contributed by atoms with van der Waals surface area (Å²) < 4.78 is 96.6. The summed E-state index contributed by atoms with van der Waals surface area (Å²) in [5, 5.41) is 32.1. The Balaban J connectivity index is 1.98. The molecule has 10 nitrogen and oxygen atoms in total. The Hall–Kier alpha value is -4.05. The predicted octanol–water partition coefficient (Wildman–Crippen LogP) is 5.93. The van der Waals surface area contributed by atoms with Gasteiger partial charge in [0.25, 0.3) is 17.4 Å². The first-order valence-electron chi connectivity index (χ1n) is 12.0. The number of ether oxygens (including phenoxy) is 1. The second-order valence-electron chi connectivity index (χ2n) is 9.85. The molecule has 0 radical (unpaired) electrons. The lowest BCUT2D eigenvalue weighted by atomic mass is 9.93. The molecular weight excluding hydrogens is 564 g/mol. The van der Waals surface area contributed by atoms with E-state index in [9.17, 15) is 41.6 Å². The third-order valence-electron chi connectivity index (χ3n) is 6.31. The van der Waals surface area contributed by atoms with Crippen LogP contribution in [0.1, 0.15) is 43.7 Å². The van der Waals surface area contributed by atoms with Crippen LogP contribution in [0.5, 0.6) is 0 Å². The zero-order valence-corrected chi connectivity index (χ0v) is 21.5. The van der Waals surface area contributed by atoms with E-state index >= 15 is 0 Å². The maximum Gasteiger partial charge on any atom is 0.429 e. The van der Waals surface area contributed by atoms with Gasteiger partial charge in [0, 0.05) is 11.6 Å². The number of anilines is 1. The van der Waals surface area contributed by atoms with Crippen LogP contribution in [0.25, 0.3) is 11.6 Å². The summed E-state index contributed by atoms with van der Waals surface area (Å²) in [5.41, 5.74) is -8.15. The number of nitro groups is 1. The Kier molecular flexibility index (Phi) is 7.84. The van der Waals surface area contributed by atoms with Crippen molar-refractivity contribution in [3.63, 3.8) is 0 Å². The van der Waals surface area contributed by atoms with Gasteiger partial charge in [-0.05, 0) is 32.3 Å². The molecule has 220 valence electrons. The summed E-state index contributed by atoms with van der Waals surface area (Å²) >= 11 is 0. The summed E-state index contributed by atoms with van der Waals surface area (Å²) in [5.74, 6) is -3.16. The topological polar surface area (TPSA) is 136 Å². The van der Waals surface area contributed by atoms with Gasteiger partial charge in [0.05, 0.1) is 11.5 Å². The molecule has 3 aromatic rings. The summed E-state index contributed by atoms with van der Waals surface area (Å²) in [6.45, 7) is 2.32. The lowest BCUT2D eigenvalue weighted by Crippen LogP contribution is -2.53. The summed E-state index contributed by atoms with van der Waals surface area (Å²) in [7, 11) is 0. The SMILES string of the molecule is CC1(C)CC/C=C\C(O)C(OCc2ccccc2)(C(F)(F)F)c2nnc(o2)-c2nc(c(C(F)(F)F)cc2[N+](=O)[O-])N1. The molecule has 1 aromatic carbocycles. The van der Waals surface area contributed by atoms with Crippen LogP contribution in [0.3, 0.4) is 0 Å². The Morgan fingerprint density at radius 1 is 1.17 bits per heavy atom. The maximum absolute atomic E-state index is 14.8. The maximum atomic E-state index is 14.8. The highest BCUT2D eigenvalue weighted by Gasteiger charge is 2.65. The minimum absolute atomic E-state index is 0.0000442. The van der Waals surface area contributed by atoms with Crippen LogP contribution in [0.4, 0.5) is 37.8 Å². The van der Waals surface area contributed by atoms with Crippen molar-refractivity contribution in [1.82, 2.24) is 15.2 Å². The van der Waals surface area contributed by atoms with Gasteiger partial charge in [-0.1, -0.05) is 42.5 Å². The number of hydrogen-bond donors (Lipinski definition) is 2. The number of aliphatic hydroxyl groups excluding tert-OH is 1. The zero-order valence-electron chi connectivity index (χ0n) is 21.5. The lowest BCUT2D eigenvalue weighted by molar-refractivity contribution is -0.384. The summed E-state index contributed by atoms with van der Waals surface area (Å²) in [4.78, 5) is 14.3. The van der Waals surface area contributed by atoms with Crippen LogP contribution in [0.15, 0.2) is 53.0 Å². The van der Waals surface area contributed by atoms with E-state index in [2.05, 4.69) is 20.5 Å². The standard InChI is InChI=1S/C25H23F6N5O5/c1-22(2)11-7-6-10-17(37)23(25(29,30)31,40-13-14-8-4-3-5-9-14)21-35-34-20(41-21)18-16(36(38)39)12-15(24(26,27)28)19(32-18)33-22/h3-6,8-10,12,17,37H,7,11,13H2,1-2H3,(H,32,33)/b10-6-. The van der Waals surface area contributed by atoms with Gasteiger partial charge in [-0.2, -0.15) is 26.3 Å². The molecule has 0 saturated carbocycles. The highest BCUT2D eigenvalue weighted by atomic mass is 19.4. The number of rotatable bonds is 4. The number of benzene rings is 1. The molecule has 2 N–H and O–H groups in total. The fraction of sp³-hybridized carbons (Fsp3) is 0.400. The van der Waals surface area contributed by atoms with Crippen molar-refractivity contribution in [3.05, 3.63) is 75.7 Å². The zero-order chi connectivity index (χ0) is 30.2. The van der Waals surface area contributed by atoms with Crippen molar-refractivity contribution in [2.24, 2.45) is 0 Å². The van der Waals surface area contributed by atoms with E-state index in [0.29, 0.717) is 5.56 Å². The quantitative estimate of drug-likeness (QED) is 0.165. The van der Waals surface area contributed by atoms with E-state index in [1.54, 1.807) is 18.2 Å². The van der Waals surface area contributed by atoms with Gasteiger partial charge in [-0.15, -0.1) is 10.2 Å². The monoisotopic (exact) mass is 587 g/mol. The van der Waals surface area contributed by atoms with E-state index in [-0.39, 0.29) is 18.9 Å².